The van der Waals surface area contributed by atoms with Crippen molar-refractivity contribution in [1.82, 2.24) is 10.2 Å². The van der Waals surface area contributed by atoms with Gasteiger partial charge in [-0.3, -0.25) is 9.69 Å². The molecule has 100 valence electrons. The summed E-state index contributed by atoms with van der Waals surface area (Å²) in [5, 5.41) is 3.01. The number of hydrogen-bond acceptors (Lipinski definition) is 2. The van der Waals surface area contributed by atoms with Crippen LogP contribution in [0.2, 0.25) is 0 Å². The molecule has 0 aromatic heterocycles. The number of carbonyl (C=O) groups is 1. The topological polar surface area (TPSA) is 32.3 Å². The van der Waals surface area contributed by atoms with Gasteiger partial charge in [-0.15, -0.1) is 0 Å². The second-order valence-corrected chi connectivity index (χ2v) is 7.05. The predicted molar refractivity (Wildman–Crippen MR) is 71.9 cm³/mol. The highest BCUT2D eigenvalue weighted by Gasteiger charge is 2.42. The monoisotopic (exact) mass is 240 g/mol. The lowest BCUT2D eigenvalue weighted by atomic mass is 9.70. The van der Waals surface area contributed by atoms with Crippen LogP contribution in [0.1, 0.15) is 48.0 Å². The molecular formula is C14H28N2O. The minimum atomic E-state index is 0.0127. The van der Waals surface area contributed by atoms with Crippen LogP contribution in [-0.2, 0) is 4.79 Å². The zero-order valence-electron chi connectivity index (χ0n) is 12.3. The highest BCUT2D eigenvalue weighted by Crippen LogP contribution is 2.38. The van der Waals surface area contributed by atoms with Crippen molar-refractivity contribution in [2.75, 3.05) is 19.6 Å². The van der Waals surface area contributed by atoms with E-state index in [1.54, 1.807) is 0 Å². The lowest BCUT2D eigenvalue weighted by Gasteiger charge is -2.45. The Labute approximate surface area is 106 Å². The summed E-state index contributed by atoms with van der Waals surface area (Å²) in [5.74, 6) is 0.201. The van der Waals surface area contributed by atoms with E-state index >= 15 is 0 Å². The van der Waals surface area contributed by atoms with Gasteiger partial charge in [-0.25, -0.2) is 0 Å². The average molecular weight is 240 g/mol. The molecule has 1 heterocycles. The maximum atomic E-state index is 12.1. The van der Waals surface area contributed by atoms with Crippen molar-refractivity contribution in [2.45, 2.75) is 54.0 Å². The quantitative estimate of drug-likeness (QED) is 0.821. The van der Waals surface area contributed by atoms with E-state index in [0.29, 0.717) is 0 Å². The van der Waals surface area contributed by atoms with E-state index in [4.69, 9.17) is 0 Å². The van der Waals surface area contributed by atoms with Crippen molar-refractivity contribution in [3.63, 3.8) is 0 Å². The summed E-state index contributed by atoms with van der Waals surface area (Å²) >= 11 is 0. The number of nitrogens with zero attached hydrogens (tertiary/aromatic N) is 1. The van der Waals surface area contributed by atoms with Crippen molar-refractivity contribution >= 4 is 5.91 Å². The minimum absolute atomic E-state index is 0.0127. The van der Waals surface area contributed by atoms with Gasteiger partial charge in [0.15, 0.2) is 0 Å². The van der Waals surface area contributed by atoms with Crippen molar-refractivity contribution in [1.29, 1.82) is 0 Å². The van der Waals surface area contributed by atoms with Crippen LogP contribution >= 0.6 is 0 Å². The van der Waals surface area contributed by atoms with Gasteiger partial charge in [-0.1, -0.05) is 41.5 Å². The van der Waals surface area contributed by atoms with Crippen molar-refractivity contribution in [3.05, 3.63) is 0 Å². The van der Waals surface area contributed by atoms with Crippen molar-refractivity contribution in [3.8, 4) is 0 Å². The van der Waals surface area contributed by atoms with Crippen LogP contribution in [0.25, 0.3) is 0 Å². The second kappa shape index (κ2) is 4.97. The molecule has 3 heteroatoms. The van der Waals surface area contributed by atoms with E-state index < -0.39 is 0 Å². The number of likely N-dealkylation sites (N-methyl/N-ethyl adjacent to an activating group) is 1. The molecule has 0 bridgehead atoms. The van der Waals surface area contributed by atoms with E-state index in [1.807, 2.05) is 0 Å². The standard InChI is InChI=1S/C14H28N2O/c1-7-16-9-8-15-12(17)11(16)14(5,6)10-13(2,3)4/h11H,7-10H2,1-6H3,(H,15,17). The number of nitrogens with one attached hydrogen (secondary N) is 1. The summed E-state index contributed by atoms with van der Waals surface area (Å²) in [4.78, 5) is 14.5. The Hall–Kier alpha value is -0.570. The summed E-state index contributed by atoms with van der Waals surface area (Å²) in [5.41, 5.74) is 0.263. The predicted octanol–water partition coefficient (Wildman–Crippen LogP) is 2.27. The van der Waals surface area contributed by atoms with E-state index in [9.17, 15) is 4.79 Å². The molecular weight excluding hydrogens is 212 g/mol. The molecule has 0 radical (unpaired) electrons. The fraction of sp³-hybridized carbons (Fsp3) is 0.929. The van der Waals surface area contributed by atoms with Gasteiger partial charge in [0.25, 0.3) is 0 Å². The number of carbonyl (C=O) groups excluding carboxylic acids is 1. The molecule has 0 aromatic rings. The third-order valence-corrected chi connectivity index (χ3v) is 3.44. The van der Waals surface area contributed by atoms with Gasteiger partial charge >= 0.3 is 0 Å². The molecule has 0 aromatic carbocycles. The summed E-state index contributed by atoms with van der Waals surface area (Å²) in [6.45, 7) is 16.0. The van der Waals surface area contributed by atoms with Gasteiger partial charge in [0.2, 0.25) is 5.91 Å². The number of rotatable bonds is 3. The zero-order valence-corrected chi connectivity index (χ0v) is 12.3. The normalized spacial score (nSPS) is 23.6. The van der Waals surface area contributed by atoms with E-state index in [-0.39, 0.29) is 22.8 Å². The smallest absolute Gasteiger partial charge is 0.237 e. The summed E-state index contributed by atoms with van der Waals surface area (Å²) in [6.07, 6.45) is 1.05. The van der Waals surface area contributed by atoms with Crippen molar-refractivity contribution < 1.29 is 4.79 Å². The van der Waals surface area contributed by atoms with Gasteiger partial charge < -0.3 is 5.32 Å². The molecule has 1 unspecified atom stereocenters. The first-order valence-corrected chi connectivity index (χ1v) is 6.69. The molecule has 1 amide bonds. The lowest BCUT2D eigenvalue weighted by molar-refractivity contribution is -0.134. The van der Waals surface area contributed by atoms with Gasteiger partial charge in [0.05, 0.1) is 6.04 Å². The molecule has 1 fully saturated rings. The van der Waals surface area contributed by atoms with E-state index in [2.05, 4.69) is 51.8 Å². The first-order valence-electron chi connectivity index (χ1n) is 6.69. The van der Waals surface area contributed by atoms with Crippen molar-refractivity contribution in [2.24, 2.45) is 10.8 Å². The maximum Gasteiger partial charge on any atom is 0.237 e. The molecule has 0 saturated carbocycles. The maximum absolute atomic E-state index is 12.1. The minimum Gasteiger partial charge on any atom is -0.353 e. The van der Waals surface area contributed by atoms with E-state index in [1.165, 1.54) is 0 Å². The summed E-state index contributed by atoms with van der Waals surface area (Å²) in [6, 6.07) is 0.0143. The second-order valence-electron chi connectivity index (χ2n) is 7.05. The molecule has 1 atom stereocenters. The zero-order chi connectivity index (χ0) is 13.3. The van der Waals surface area contributed by atoms with Gasteiger partial charge in [0, 0.05) is 13.1 Å². The molecule has 17 heavy (non-hydrogen) atoms. The number of hydrogen-bond donors (Lipinski definition) is 1. The largest absolute Gasteiger partial charge is 0.353 e. The van der Waals surface area contributed by atoms with Crippen LogP contribution in [0.5, 0.6) is 0 Å². The Morgan fingerprint density at radius 2 is 1.88 bits per heavy atom. The van der Waals surface area contributed by atoms with Crippen LogP contribution < -0.4 is 5.32 Å². The lowest BCUT2D eigenvalue weighted by Crippen LogP contribution is -2.61. The highest BCUT2D eigenvalue weighted by atomic mass is 16.2. The average Bonchev–Trinajstić information content (AvgIpc) is 2.12. The fourth-order valence-electron chi connectivity index (χ4n) is 3.37. The van der Waals surface area contributed by atoms with Crippen LogP contribution in [0, 0.1) is 10.8 Å². The number of piperazine rings is 1. The van der Waals surface area contributed by atoms with Gasteiger partial charge in [0.1, 0.15) is 0 Å². The Morgan fingerprint density at radius 1 is 1.29 bits per heavy atom. The summed E-state index contributed by atoms with van der Waals surface area (Å²) in [7, 11) is 0. The van der Waals surface area contributed by atoms with Gasteiger partial charge in [-0.2, -0.15) is 0 Å². The summed E-state index contributed by atoms with van der Waals surface area (Å²) < 4.78 is 0. The highest BCUT2D eigenvalue weighted by molar-refractivity contribution is 5.83. The number of amides is 1. The first-order chi connectivity index (χ1) is 7.67. The molecule has 1 saturated heterocycles. The third kappa shape index (κ3) is 3.70. The van der Waals surface area contributed by atoms with E-state index in [0.717, 1.165) is 26.1 Å². The molecule has 1 aliphatic rings. The van der Waals surface area contributed by atoms with Gasteiger partial charge in [-0.05, 0) is 23.8 Å². The molecule has 1 N–H and O–H groups in total. The van der Waals surface area contributed by atoms with Crippen LogP contribution in [0.3, 0.4) is 0 Å². The Balaban J connectivity index is 2.88. The van der Waals surface area contributed by atoms with Crippen LogP contribution in [0.4, 0.5) is 0 Å². The molecule has 1 rings (SSSR count). The molecule has 0 spiro atoms. The SMILES string of the molecule is CCN1CCNC(=O)C1C(C)(C)CC(C)(C)C. The third-order valence-electron chi connectivity index (χ3n) is 3.44. The molecule has 0 aliphatic carbocycles. The van der Waals surface area contributed by atoms with Crippen LogP contribution in [-0.4, -0.2) is 36.5 Å². The van der Waals surface area contributed by atoms with Crippen LogP contribution in [0.15, 0.2) is 0 Å². The Kier molecular flexibility index (Phi) is 4.23. The Morgan fingerprint density at radius 3 is 2.35 bits per heavy atom. The molecule has 3 nitrogen and oxygen atoms in total. The first kappa shape index (κ1) is 14.5. The molecule has 1 aliphatic heterocycles. The fourth-order valence-corrected chi connectivity index (χ4v) is 3.37. The Bertz CT molecular complexity index is 278.